The Morgan fingerprint density at radius 2 is 2.06 bits per heavy atom. The number of hydrogen-bond acceptors (Lipinski definition) is 2. The second-order valence-electron chi connectivity index (χ2n) is 3.87. The second kappa shape index (κ2) is 5.02. The molecule has 0 aliphatic rings. The van der Waals surface area contributed by atoms with Crippen molar-refractivity contribution in [2.24, 2.45) is 0 Å². The fraction of sp³-hybridized carbons (Fsp3) is 0.231. The Morgan fingerprint density at radius 1 is 1.29 bits per heavy atom. The highest BCUT2D eigenvalue weighted by Crippen LogP contribution is 2.26. The molecule has 90 valence electrons. The first-order chi connectivity index (χ1) is 8.11. The molecule has 0 aliphatic heterocycles. The molecule has 1 heterocycles. The van der Waals surface area contributed by atoms with E-state index in [1.54, 1.807) is 13.0 Å². The Balaban J connectivity index is 2.38. The van der Waals surface area contributed by atoms with E-state index < -0.39 is 0 Å². The van der Waals surface area contributed by atoms with Crippen molar-refractivity contribution in [1.82, 2.24) is 5.32 Å². The summed E-state index contributed by atoms with van der Waals surface area (Å²) in [5, 5.41) is 3.11. The maximum Gasteiger partial charge on any atom is 0.169 e. The average Bonchev–Trinajstić information content (AvgIpc) is 2.71. The van der Waals surface area contributed by atoms with Gasteiger partial charge in [0.15, 0.2) is 4.67 Å². The van der Waals surface area contributed by atoms with E-state index in [4.69, 9.17) is 4.42 Å². The van der Waals surface area contributed by atoms with Gasteiger partial charge in [-0.25, -0.2) is 4.39 Å². The predicted octanol–water partition coefficient (Wildman–Crippen LogP) is 3.80. The summed E-state index contributed by atoms with van der Waals surface area (Å²) in [5.74, 6) is 0.552. The van der Waals surface area contributed by atoms with Gasteiger partial charge in [-0.2, -0.15) is 0 Å². The maximum atomic E-state index is 13.5. The molecule has 4 heteroatoms. The first kappa shape index (κ1) is 12.3. The Bertz CT molecular complexity index is 524. The van der Waals surface area contributed by atoms with Crippen molar-refractivity contribution in [3.8, 4) is 0 Å². The topological polar surface area (TPSA) is 25.2 Å². The van der Waals surface area contributed by atoms with Crippen LogP contribution in [0.4, 0.5) is 4.39 Å². The van der Waals surface area contributed by atoms with Gasteiger partial charge in [0, 0.05) is 0 Å². The molecule has 0 aliphatic carbocycles. The smallest absolute Gasteiger partial charge is 0.169 e. The summed E-state index contributed by atoms with van der Waals surface area (Å²) in [4.78, 5) is 0. The van der Waals surface area contributed by atoms with Gasteiger partial charge in [-0.15, -0.1) is 0 Å². The van der Waals surface area contributed by atoms with Crippen LogP contribution in [-0.4, -0.2) is 7.05 Å². The van der Waals surface area contributed by atoms with Crippen molar-refractivity contribution in [3.63, 3.8) is 0 Å². The molecule has 2 nitrogen and oxygen atoms in total. The average molecular weight is 298 g/mol. The molecule has 0 bridgehead atoms. The summed E-state index contributed by atoms with van der Waals surface area (Å²) in [6.07, 6.45) is 0. The highest BCUT2D eigenvalue weighted by atomic mass is 79.9. The molecule has 1 N–H and O–H groups in total. The lowest BCUT2D eigenvalue weighted by molar-refractivity contribution is 0.446. The normalized spacial score (nSPS) is 12.7. The van der Waals surface area contributed by atoms with Gasteiger partial charge in [0.1, 0.15) is 11.6 Å². The van der Waals surface area contributed by atoms with Gasteiger partial charge in [0.05, 0.1) is 6.04 Å². The van der Waals surface area contributed by atoms with Gasteiger partial charge in [-0.1, -0.05) is 12.1 Å². The quantitative estimate of drug-likeness (QED) is 0.932. The van der Waals surface area contributed by atoms with Crippen LogP contribution in [0, 0.1) is 12.7 Å². The fourth-order valence-electron chi connectivity index (χ4n) is 1.75. The monoisotopic (exact) mass is 297 g/mol. The highest BCUT2D eigenvalue weighted by Gasteiger charge is 2.16. The molecular weight excluding hydrogens is 285 g/mol. The second-order valence-corrected chi connectivity index (χ2v) is 4.65. The standard InChI is InChI=1S/C13H13BrFNO/c1-8-3-4-9(7-10(8)15)13(16-2)11-5-6-12(14)17-11/h3-7,13,16H,1-2H3. The van der Waals surface area contributed by atoms with E-state index in [-0.39, 0.29) is 11.9 Å². The van der Waals surface area contributed by atoms with Crippen molar-refractivity contribution < 1.29 is 8.81 Å². The molecule has 2 rings (SSSR count). The summed E-state index contributed by atoms with van der Waals surface area (Å²) in [6, 6.07) is 8.75. The number of nitrogens with one attached hydrogen (secondary N) is 1. The van der Waals surface area contributed by atoms with Crippen LogP contribution in [0.5, 0.6) is 0 Å². The van der Waals surface area contributed by atoms with E-state index in [0.717, 1.165) is 11.3 Å². The predicted molar refractivity (Wildman–Crippen MR) is 68.4 cm³/mol. The van der Waals surface area contributed by atoms with Crippen LogP contribution < -0.4 is 5.32 Å². The lowest BCUT2D eigenvalue weighted by atomic mass is 10.0. The van der Waals surface area contributed by atoms with Crippen LogP contribution in [0.2, 0.25) is 0 Å². The molecule has 1 aromatic carbocycles. The number of aryl methyl sites for hydroxylation is 1. The van der Waals surface area contributed by atoms with E-state index in [9.17, 15) is 4.39 Å². The Kier molecular flexibility index (Phi) is 3.64. The number of rotatable bonds is 3. The van der Waals surface area contributed by atoms with Gasteiger partial charge in [-0.05, 0) is 59.2 Å². The van der Waals surface area contributed by atoms with E-state index in [0.29, 0.717) is 10.2 Å². The van der Waals surface area contributed by atoms with Crippen LogP contribution in [0.3, 0.4) is 0 Å². The zero-order valence-electron chi connectivity index (χ0n) is 9.63. The zero-order chi connectivity index (χ0) is 12.4. The van der Waals surface area contributed by atoms with Crippen LogP contribution in [0.1, 0.15) is 22.9 Å². The summed E-state index contributed by atoms with van der Waals surface area (Å²) in [5.41, 5.74) is 1.49. The third kappa shape index (κ3) is 2.58. The van der Waals surface area contributed by atoms with E-state index in [1.165, 1.54) is 6.07 Å². The lowest BCUT2D eigenvalue weighted by Gasteiger charge is -2.14. The first-order valence-corrected chi connectivity index (χ1v) is 6.09. The third-order valence-electron chi connectivity index (χ3n) is 2.70. The minimum atomic E-state index is -0.201. The number of halogens is 2. The minimum absolute atomic E-state index is 0.142. The van der Waals surface area contributed by atoms with Crippen molar-refractivity contribution in [1.29, 1.82) is 0 Å². The lowest BCUT2D eigenvalue weighted by Crippen LogP contribution is -2.17. The van der Waals surface area contributed by atoms with Crippen LogP contribution >= 0.6 is 15.9 Å². The molecule has 0 spiro atoms. The summed E-state index contributed by atoms with van der Waals surface area (Å²) in [7, 11) is 1.82. The van der Waals surface area contributed by atoms with Gasteiger partial charge in [0.25, 0.3) is 0 Å². The van der Waals surface area contributed by atoms with Crippen LogP contribution in [0.15, 0.2) is 39.4 Å². The van der Waals surface area contributed by atoms with E-state index in [1.807, 2.05) is 25.2 Å². The van der Waals surface area contributed by atoms with Gasteiger partial charge in [-0.3, -0.25) is 0 Å². The summed E-state index contributed by atoms with van der Waals surface area (Å²) >= 11 is 3.26. The van der Waals surface area contributed by atoms with Crippen molar-refractivity contribution in [3.05, 3.63) is 57.7 Å². The molecule has 0 amide bonds. The first-order valence-electron chi connectivity index (χ1n) is 5.30. The van der Waals surface area contributed by atoms with Gasteiger partial charge in [0.2, 0.25) is 0 Å². The van der Waals surface area contributed by atoms with Crippen LogP contribution in [-0.2, 0) is 0 Å². The maximum absolute atomic E-state index is 13.5. The number of benzene rings is 1. The van der Waals surface area contributed by atoms with Gasteiger partial charge >= 0.3 is 0 Å². The van der Waals surface area contributed by atoms with Crippen LogP contribution in [0.25, 0.3) is 0 Å². The number of furan rings is 1. The van der Waals surface area contributed by atoms with E-state index in [2.05, 4.69) is 21.2 Å². The Labute approximate surface area is 108 Å². The SMILES string of the molecule is CNC(c1ccc(C)c(F)c1)c1ccc(Br)o1. The molecule has 2 aromatic rings. The molecule has 1 atom stereocenters. The van der Waals surface area contributed by atoms with Crippen molar-refractivity contribution >= 4 is 15.9 Å². The third-order valence-corrected chi connectivity index (χ3v) is 3.12. The Morgan fingerprint density at radius 3 is 2.59 bits per heavy atom. The molecule has 0 saturated heterocycles. The molecule has 1 unspecified atom stereocenters. The van der Waals surface area contributed by atoms with E-state index >= 15 is 0 Å². The fourth-order valence-corrected chi connectivity index (χ4v) is 2.06. The Hall–Kier alpha value is -1.13. The molecule has 0 fully saturated rings. The number of hydrogen-bond donors (Lipinski definition) is 1. The molecule has 1 aromatic heterocycles. The largest absolute Gasteiger partial charge is 0.452 e. The van der Waals surface area contributed by atoms with Crippen molar-refractivity contribution in [2.45, 2.75) is 13.0 Å². The summed E-state index contributed by atoms with van der Waals surface area (Å²) < 4.78 is 19.7. The molecular formula is C13H13BrFNO. The van der Waals surface area contributed by atoms with Crippen molar-refractivity contribution in [2.75, 3.05) is 7.05 Å². The molecule has 0 saturated carbocycles. The minimum Gasteiger partial charge on any atom is -0.452 e. The van der Waals surface area contributed by atoms with Gasteiger partial charge < -0.3 is 9.73 Å². The molecule has 0 radical (unpaired) electrons. The summed E-state index contributed by atoms with van der Waals surface area (Å²) in [6.45, 7) is 1.75. The zero-order valence-corrected chi connectivity index (χ0v) is 11.2. The molecule has 17 heavy (non-hydrogen) atoms. The highest BCUT2D eigenvalue weighted by molar-refractivity contribution is 9.10.